The van der Waals surface area contributed by atoms with E-state index in [0.717, 1.165) is 5.56 Å². The smallest absolute Gasteiger partial charge is 0.259 e. The Morgan fingerprint density at radius 2 is 1.80 bits per heavy atom. The van der Waals surface area contributed by atoms with Gasteiger partial charge in [0.25, 0.3) is 5.91 Å². The number of rotatable bonds is 8. The average molecular weight is 406 g/mol. The Morgan fingerprint density at radius 1 is 1.07 bits per heavy atom. The minimum Gasteiger partial charge on any atom is -0.493 e. The lowest BCUT2D eigenvalue weighted by atomic mass is 10.1. The van der Waals surface area contributed by atoms with Crippen LogP contribution < -0.4 is 19.7 Å². The molecule has 0 aliphatic heterocycles. The second-order valence-electron chi connectivity index (χ2n) is 6.63. The Bertz CT molecular complexity index is 995. The highest BCUT2D eigenvalue weighted by molar-refractivity contribution is 6.06. The Morgan fingerprint density at radius 3 is 2.47 bits per heavy atom. The molecule has 0 saturated heterocycles. The predicted octanol–water partition coefficient (Wildman–Crippen LogP) is 4.33. The molecule has 7 nitrogen and oxygen atoms in total. The first-order valence-corrected chi connectivity index (χ1v) is 9.75. The fourth-order valence-electron chi connectivity index (χ4n) is 3.12. The van der Waals surface area contributed by atoms with Crippen molar-refractivity contribution in [3.8, 4) is 11.5 Å². The van der Waals surface area contributed by atoms with Crippen LogP contribution in [-0.4, -0.2) is 36.6 Å². The van der Waals surface area contributed by atoms with Gasteiger partial charge in [-0.05, 0) is 43.7 Å². The van der Waals surface area contributed by atoms with Crippen LogP contribution in [0.25, 0.3) is 0 Å². The highest BCUT2D eigenvalue weighted by Gasteiger charge is 2.20. The maximum atomic E-state index is 13.1. The van der Waals surface area contributed by atoms with Gasteiger partial charge in [0, 0.05) is 18.3 Å². The van der Waals surface area contributed by atoms with Gasteiger partial charge < -0.3 is 14.8 Å². The summed E-state index contributed by atoms with van der Waals surface area (Å²) in [5.41, 5.74) is 1.61. The lowest BCUT2D eigenvalue weighted by Crippen LogP contribution is -2.31. The topological polar surface area (TPSA) is 76.6 Å². The van der Waals surface area contributed by atoms with Crippen molar-refractivity contribution < 1.29 is 14.3 Å². The predicted molar refractivity (Wildman–Crippen MR) is 117 cm³/mol. The number of nitrogens with one attached hydrogen (secondary N) is 1. The normalized spacial score (nSPS) is 11.5. The molecule has 0 bridgehead atoms. The summed E-state index contributed by atoms with van der Waals surface area (Å²) >= 11 is 0. The zero-order valence-electron chi connectivity index (χ0n) is 17.6. The first kappa shape index (κ1) is 21.1. The molecule has 0 unspecified atom stereocenters. The minimum absolute atomic E-state index is 0.0260. The first-order valence-electron chi connectivity index (χ1n) is 9.75. The first-order chi connectivity index (χ1) is 14.6. The summed E-state index contributed by atoms with van der Waals surface area (Å²) in [4.78, 5) is 23.6. The van der Waals surface area contributed by atoms with Crippen molar-refractivity contribution in [1.29, 1.82) is 0 Å². The number of nitrogens with zero attached hydrogens (tertiary/aromatic N) is 3. The maximum Gasteiger partial charge on any atom is 0.259 e. The van der Waals surface area contributed by atoms with Crippen LogP contribution in [0.5, 0.6) is 11.5 Å². The van der Waals surface area contributed by atoms with Crippen LogP contribution in [-0.2, 0) is 0 Å². The summed E-state index contributed by atoms with van der Waals surface area (Å²) in [6.45, 7) is 4.40. The Labute approximate surface area is 176 Å². The van der Waals surface area contributed by atoms with Gasteiger partial charge in [-0.1, -0.05) is 30.3 Å². The van der Waals surface area contributed by atoms with E-state index in [2.05, 4.69) is 15.3 Å². The highest BCUT2D eigenvalue weighted by Crippen LogP contribution is 2.29. The van der Waals surface area contributed by atoms with Crippen molar-refractivity contribution in [2.75, 3.05) is 31.0 Å². The van der Waals surface area contributed by atoms with Gasteiger partial charge in [0.05, 0.1) is 20.3 Å². The number of amides is 1. The summed E-state index contributed by atoms with van der Waals surface area (Å²) in [7, 11) is 3.10. The largest absolute Gasteiger partial charge is 0.493 e. The van der Waals surface area contributed by atoms with Gasteiger partial charge >= 0.3 is 0 Å². The summed E-state index contributed by atoms with van der Waals surface area (Å²) in [6.07, 6.45) is 1.65. The minimum atomic E-state index is -0.181. The lowest BCUT2D eigenvalue weighted by Gasteiger charge is -2.21. The number of methoxy groups -OCH3 is 2. The molecule has 2 aromatic carbocycles. The molecule has 0 spiro atoms. The monoisotopic (exact) mass is 406 g/mol. The number of hydrogen-bond acceptors (Lipinski definition) is 6. The molecule has 1 N–H and O–H groups in total. The fourth-order valence-corrected chi connectivity index (χ4v) is 3.12. The Kier molecular flexibility index (Phi) is 6.85. The van der Waals surface area contributed by atoms with Crippen molar-refractivity contribution in [3.63, 3.8) is 0 Å². The molecule has 3 aromatic rings. The van der Waals surface area contributed by atoms with Gasteiger partial charge in [-0.25, -0.2) is 4.98 Å². The number of hydrogen-bond donors (Lipinski definition) is 1. The van der Waals surface area contributed by atoms with Gasteiger partial charge in [-0.2, -0.15) is 4.98 Å². The quantitative estimate of drug-likeness (QED) is 0.600. The van der Waals surface area contributed by atoms with E-state index in [1.807, 2.05) is 44.2 Å². The van der Waals surface area contributed by atoms with E-state index in [9.17, 15) is 4.79 Å². The van der Waals surface area contributed by atoms with Crippen LogP contribution in [0, 0.1) is 0 Å². The third-order valence-electron chi connectivity index (χ3n) is 4.75. The molecule has 1 heterocycles. The molecule has 0 fully saturated rings. The molecule has 1 atom stereocenters. The number of carbonyl (C=O) groups excluding carboxylic acids is 1. The molecule has 0 aliphatic carbocycles. The SMILES string of the molecule is CCN(C(=O)c1ccc(OC)c(OC)c1)c1ccnc(N[C@@H](C)c2ccccc2)n1. The van der Waals surface area contributed by atoms with Crippen LogP contribution in [0.2, 0.25) is 0 Å². The van der Waals surface area contributed by atoms with E-state index in [4.69, 9.17) is 9.47 Å². The van der Waals surface area contributed by atoms with Crippen molar-refractivity contribution in [3.05, 3.63) is 71.9 Å². The average Bonchev–Trinajstić information content (AvgIpc) is 2.79. The fraction of sp³-hybridized carbons (Fsp3) is 0.261. The van der Waals surface area contributed by atoms with Crippen molar-refractivity contribution in [2.24, 2.45) is 0 Å². The van der Waals surface area contributed by atoms with Crippen LogP contribution in [0.4, 0.5) is 11.8 Å². The Balaban J connectivity index is 1.83. The zero-order chi connectivity index (χ0) is 21.5. The van der Waals surface area contributed by atoms with E-state index in [0.29, 0.717) is 35.4 Å². The zero-order valence-corrected chi connectivity index (χ0v) is 17.6. The molecule has 0 saturated carbocycles. The summed E-state index contributed by atoms with van der Waals surface area (Å²) in [5.74, 6) is 1.87. The highest BCUT2D eigenvalue weighted by atomic mass is 16.5. The van der Waals surface area contributed by atoms with Crippen LogP contribution >= 0.6 is 0 Å². The second-order valence-corrected chi connectivity index (χ2v) is 6.63. The van der Waals surface area contributed by atoms with E-state index >= 15 is 0 Å². The maximum absolute atomic E-state index is 13.1. The molecule has 0 aliphatic rings. The number of anilines is 2. The van der Waals surface area contributed by atoms with Gasteiger partial charge in [-0.15, -0.1) is 0 Å². The van der Waals surface area contributed by atoms with Gasteiger partial charge in [-0.3, -0.25) is 9.69 Å². The van der Waals surface area contributed by atoms with Crippen molar-refractivity contribution >= 4 is 17.7 Å². The van der Waals surface area contributed by atoms with Crippen LogP contribution in [0.3, 0.4) is 0 Å². The molecule has 1 aromatic heterocycles. The summed E-state index contributed by atoms with van der Waals surface area (Å²) in [5, 5.41) is 3.29. The lowest BCUT2D eigenvalue weighted by molar-refractivity contribution is 0.0987. The third-order valence-corrected chi connectivity index (χ3v) is 4.75. The van der Waals surface area contributed by atoms with E-state index in [1.54, 1.807) is 49.6 Å². The van der Waals surface area contributed by atoms with Crippen molar-refractivity contribution in [2.45, 2.75) is 19.9 Å². The number of ether oxygens (including phenoxy) is 2. The molecule has 156 valence electrons. The molecule has 3 rings (SSSR count). The van der Waals surface area contributed by atoms with Gasteiger partial charge in [0.1, 0.15) is 5.82 Å². The van der Waals surface area contributed by atoms with E-state index < -0.39 is 0 Å². The van der Waals surface area contributed by atoms with Gasteiger partial charge in [0.15, 0.2) is 11.5 Å². The molecule has 1 amide bonds. The molecular weight excluding hydrogens is 380 g/mol. The molecule has 0 radical (unpaired) electrons. The third kappa shape index (κ3) is 4.68. The number of aromatic nitrogens is 2. The number of carbonyl (C=O) groups is 1. The molecular formula is C23H26N4O3. The number of benzene rings is 2. The standard InChI is InChI=1S/C23H26N4O3/c1-5-27(22(28)18-11-12-19(29-3)20(15-18)30-4)21-13-14-24-23(26-21)25-16(2)17-9-7-6-8-10-17/h6-16H,5H2,1-4H3,(H,24,25,26)/t16-/m0/s1. The van der Waals surface area contributed by atoms with E-state index in [-0.39, 0.29) is 11.9 Å². The van der Waals surface area contributed by atoms with Crippen molar-refractivity contribution in [1.82, 2.24) is 9.97 Å². The molecule has 30 heavy (non-hydrogen) atoms. The van der Waals surface area contributed by atoms with E-state index in [1.165, 1.54) is 0 Å². The summed E-state index contributed by atoms with van der Waals surface area (Å²) < 4.78 is 10.6. The second kappa shape index (κ2) is 9.73. The summed E-state index contributed by atoms with van der Waals surface area (Å²) in [6, 6.07) is 16.9. The van der Waals surface area contributed by atoms with Crippen LogP contribution in [0.1, 0.15) is 35.8 Å². The van der Waals surface area contributed by atoms with Crippen LogP contribution in [0.15, 0.2) is 60.8 Å². The van der Waals surface area contributed by atoms with Gasteiger partial charge in [0.2, 0.25) is 5.95 Å². The molecule has 7 heteroatoms. The Hall–Kier alpha value is -3.61.